The first-order valence-corrected chi connectivity index (χ1v) is 13.4. The Labute approximate surface area is 224 Å². The summed E-state index contributed by atoms with van der Waals surface area (Å²) in [6.45, 7) is 22.2. The Kier molecular flexibility index (Phi) is 7.94. The van der Waals surface area contributed by atoms with E-state index in [9.17, 15) is 9.59 Å². The van der Waals surface area contributed by atoms with E-state index in [0.717, 1.165) is 16.6 Å². The molecule has 1 fully saturated rings. The molecule has 7 heteroatoms. The van der Waals surface area contributed by atoms with Gasteiger partial charge in [-0.25, -0.2) is 5.01 Å². The summed E-state index contributed by atoms with van der Waals surface area (Å²) in [5, 5.41) is 1.57. The van der Waals surface area contributed by atoms with Gasteiger partial charge in [0.25, 0.3) is 5.91 Å². The molecular formula is C30H45BN2O4. The van der Waals surface area contributed by atoms with E-state index >= 15 is 0 Å². The standard InChI is InChI=1S/C30H45BN2O4/c1-12-24(27(4,5)6)33(25(34)23-18-20(2)15-16-21(23)3)32-26(35)30(11)17-13-14-22(19-30)31-36-28(7,8)29(9,10)37-31/h13-18,24H,12,19H2,1-11H3,(H,32,35). The fourth-order valence-corrected chi connectivity index (χ4v) is 5.02. The average molecular weight is 509 g/mol. The molecule has 0 bridgehead atoms. The number of hydrogen-bond donors (Lipinski definition) is 1. The summed E-state index contributed by atoms with van der Waals surface area (Å²) < 4.78 is 12.5. The Balaban J connectivity index is 1.90. The van der Waals surface area contributed by atoms with Crippen molar-refractivity contribution in [3.05, 3.63) is 58.6 Å². The topological polar surface area (TPSA) is 67.9 Å². The van der Waals surface area contributed by atoms with Crippen LogP contribution in [0.5, 0.6) is 0 Å². The van der Waals surface area contributed by atoms with Crippen molar-refractivity contribution in [1.82, 2.24) is 10.4 Å². The SMILES string of the molecule is CCC(N(NC(=O)C1(C)C=CC=C(B2OC(C)(C)C(C)(C)O2)C1)C(=O)c1cc(C)ccc1C)C(C)(C)C. The lowest BCUT2D eigenvalue weighted by Gasteiger charge is -2.41. The summed E-state index contributed by atoms with van der Waals surface area (Å²) in [6.07, 6.45) is 6.90. The number of hydrogen-bond acceptors (Lipinski definition) is 4. The molecular weight excluding hydrogens is 463 g/mol. The molecule has 0 aromatic heterocycles. The summed E-state index contributed by atoms with van der Waals surface area (Å²) in [6, 6.07) is 5.65. The van der Waals surface area contributed by atoms with Crippen LogP contribution in [0.3, 0.4) is 0 Å². The molecule has 2 amide bonds. The molecule has 37 heavy (non-hydrogen) atoms. The molecule has 202 valence electrons. The fourth-order valence-electron chi connectivity index (χ4n) is 5.02. The normalized spacial score (nSPS) is 23.4. The zero-order valence-corrected chi connectivity index (χ0v) is 24.6. The van der Waals surface area contributed by atoms with E-state index in [1.807, 2.05) is 91.8 Å². The van der Waals surface area contributed by atoms with E-state index in [1.165, 1.54) is 0 Å². The van der Waals surface area contributed by atoms with E-state index in [2.05, 4.69) is 26.2 Å². The van der Waals surface area contributed by atoms with Crippen molar-refractivity contribution in [2.45, 2.75) is 106 Å². The lowest BCUT2D eigenvalue weighted by molar-refractivity contribution is -0.133. The maximum atomic E-state index is 13.9. The highest BCUT2D eigenvalue weighted by molar-refractivity contribution is 6.54. The number of hydrazine groups is 1. The Hall–Kier alpha value is -2.38. The van der Waals surface area contributed by atoms with E-state index in [1.54, 1.807) is 5.01 Å². The monoisotopic (exact) mass is 508 g/mol. The van der Waals surface area contributed by atoms with Crippen LogP contribution in [0.1, 0.15) is 96.6 Å². The number of carbonyl (C=O) groups excluding carboxylic acids is 2. The quantitative estimate of drug-likeness (QED) is 0.384. The van der Waals surface area contributed by atoms with E-state index in [0.29, 0.717) is 18.4 Å². The Morgan fingerprint density at radius 1 is 1.08 bits per heavy atom. The fraction of sp³-hybridized carbons (Fsp3) is 0.600. The van der Waals surface area contributed by atoms with Crippen molar-refractivity contribution in [3.8, 4) is 0 Å². The maximum absolute atomic E-state index is 13.9. The van der Waals surface area contributed by atoms with Gasteiger partial charge < -0.3 is 9.31 Å². The van der Waals surface area contributed by atoms with Crippen molar-refractivity contribution < 1.29 is 18.9 Å². The molecule has 1 aromatic rings. The molecule has 1 heterocycles. The second kappa shape index (κ2) is 10.1. The second-order valence-electron chi connectivity index (χ2n) is 13.0. The van der Waals surface area contributed by atoms with Crippen LogP contribution in [-0.4, -0.2) is 41.2 Å². The minimum Gasteiger partial charge on any atom is -0.400 e. The summed E-state index contributed by atoms with van der Waals surface area (Å²) in [5.41, 5.74) is 4.41. The molecule has 2 aliphatic rings. The van der Waals surface area contributed by atoms with Crippen molar-refractivity contribution in [3.63, 3.8) is 0 Å². The smallest absolute Gasteiger partial charge is 0.400 e. The molecule has 0 spiro atoms. The van der Waals surface area contributed by atoms with Gasteiger partial charge in [-0.1, -0.05) is 63.6 Å². The van der Waals surface area contributed by atoms with Gasteiger partial charge in [0.05, 0.1) is 22.7 Å². The predicted molar refractivity (Wildman–Crippen MR) is 150 cm³/mol. The third kappa shape index (κ3) is 5.88. The van der Waals surface area contributed by atoms with E-state index in [4.69, 9.17) is 9.31 Å². The van der Waals surface area contributed by atoms with Crippen LogP contribution in [0.25, 0.3) is 0 Å². The number of aryl methyl sites for hydroxylation is 2. The molecule has 1 aliphatic carbocycles. The minimum atomic E-state index is -0.871. The highest BCUT2D eigenvalue weighted by Gasteiger charge is 2.53. The molecule has 1 aliphatic heterocycles. The molecule has 1 aromatic carbocycles. The van der Waals surface area contributed by atoms with Gasteiger partial charge in [0.1, 0.15) is 0 Å². The highest BCUT2D eigenvalue weighted by Crippen LogP contribution is 2.42. The Morgan fingerprint density at radius 2 is 1.68 bits per heavy atom. The first kappa shape index (κ1) is 29.2. The van der Waals surface area contributed by atoms with E-state index in [-0.39, 0.29) is 23.3 Å². The number of nitrogens with one attached hydrogen (secondary N) is 1. The van der Waals surface area contributed by atoms with Gasteiger partial charge in [0.15, 0.2) is 0 Å². The van der Waals surface area contributed by atoms with Gasteiger partial charge in [-0.2, -0.15) is 0 Å². The van der Waals surface area contributed by atoms with Crippen LogP contribution >= 0.6 is 0 Å². The summed E-state index contributed by atoms with van der Waals surface area (Å²) in [5.74, 6) is -0.423. The van der Waals surface area contributed by atoms with Gasteiger partial charge in [-0.15, -0.1) is 0 Å². The zero-order chi connectivity index (χ0) is 28.0. The molecule has 3 rings (SSSR count). The van der Waals surface area contributed by atoms with Crippen LogP contribution in [0.15, 0.2) is 41.9 Å². The van der Waals surface area contributed by atoms with Crippen LogP contribution in [-0.2, 0) is 14.1 Å². The Morgan fingerprint density at radius 3 is 2.22 bits per heavy atom. The van der Waals surface area contributed by atoms with Crippen molar-refractivity contribution in [2.75, 3.05) is 0 Å². The number of amides is 2. The van der Waals surface area contributed by atoms with Crippen molar-refractivity contribution >= 4 is 18.9 Å². The first-order chi connectivity index (χ1) is 16.9. The predicted octanol–water partition coefficient (Wildman–Crippen LogP) is 6.13. The number of allylic oxidation sites excluding steroid dienone is 3. The van der Waals surface area contributed by atoms with E-state index < -0.39 is 23.7 Å². The lowest BCUT2D eigenvalue weighted by atomic mass is 9.66. The number of carbonyl (C=O) groups is 2. The van der Waals surface area contributed by atoms with Crippen molar-refractivity contribution in [1.29, 1.82) is 0 Å². The maximum Gasteiger partial charge on any atom is 0.490 e. The summed E-state index contributed by atoms with van der Waals surface area (Å²) in [4.78, 5) is 27.9. The molecule has 1 saturated heterocycles. The van der Waals surface area contributed by atoms with Gasteiger partial charge >= 0.3 is 7.12 Å². The Bertz CT molecular complexity index is 1100. The second-order valence-corrected chi connectivity index (χ2v) is 13.0. The first-order valence-electron chi connectivity index (χ1n) is 13.4. The number of rotatable bonds is 5. The van der Waals surface area contributed by atoms with Crippen molar-refractivity contribution in [2.24, 2.45) is 10.8 Å². The molecule has 0 saturated carbocycles. The molecule has 1 N–H and O–H groups in total. The third-order valence-corrected chi connectivity index (χ3v) is 8.18. The zero-order valence-electron chi connectivity index (χ0n) is 24.6. The number of nitrogens with zero attached hydrogens (tertiary/aromatic N) is 1. The molecule has 6 nitrogen and oxygen atoms in total. The third-order valence-electron chi connectivity index (χ3n) is 8.18. The largest absolute Gasteiger partial charge is 0.490 e. The molecule has 2 unspecified atom stereocenters. The molecule has 0 radical (unpaired) electrons. The number of benzene rings is 1. The van der Waals surface area contributed by atoms with Gasteiger partial charge in [0, 0.05) is 5.56 Å². The lowest BCUT2D eigenvalue weighted by Crippen LogP contribution is -2.58. The average Bonchev–Trinajstić information content (AvgIpc) is 3.00. The van der Waals surface area contributed by atoms with Gasteiger partial charge in [-0.05, 0) is 83.8 Å². The van der Waals surface area contributed by atoms with Gasteiger partial charge in [-0.3, -0.25) is 15.0 Å². The van der Waals surface area contributed by atoms with Crippen LogP contribution in [0, 0.1) is 24.7 Å². The van der Waals surface area contributed by atoms with Crippen LogP contribution in [0.4, 0.5) is 0 Å². The van der Waals surface area contributed by atoms with Crippen LogP contribution < -0.4 is 5.43 Å². The summed E-state index contributed by atoms with van der Waals surface area (Å²) >= 11 is 0. The minimum absolute atomic E-state index is 0.193. The molecule has 2 atom stereocenters. The van der Waals surface area contributed by atoms with Crippen LogP contribution in [0.2, 0.25) is 0 Å². The highest BCUT2D eigenvalue weighted by atomic mass is 16.7. The summed E-state index contributed by atoms with van der Waals surface area (Å²) in [7, 11) is -0.521. The van der Waals surface area contributed by atoms with Gasteiger partial charge in [0.2, 0.25) is 5.91 Å².